The minimum absolute atomic E-state index is 0.0574. The van der Waals surface area contributed by atoms with Gasteiger partial charge in [0.15, 0.2) is 0 Å². The van der Waals surface area contributed by atoms with Crippen molar-refractivity contribution in [2.24, 2.45) is 0 Å². The number of carbonyl (C=O) groups is 1. The summed E-state index contributed by atoms with van der Waals surface area (Å²) < 4.78 is 0. The molecule has 1 saturated heterocycles. The zero-order chi connectivity index (χ0) is 12.3. The van der Waals surface area contributed by atoms with Crippen LogP contribution in [0.4, 0.5) is 5.69 Å². The summed E-state index contributed by atoms with van der Waals surface area (Å²) in [6.07, 6.45) is 0. The number of rotatable bonds is 2. The van der Waals surface area contributed by atoms with E-state index in [2.05, 4.69) is 16.3 Å². The number of carbonyl (C=O) groups excluding carboxylic acids is 1. The maximum absolute atomic E-state index is 11.9. The van der Waals surface area contributed by atoms with E-state index in [-0.39, 0.29) is 5.91 Å². The average Bonchev–Trinajstić information content (AvgIpc) is 2.39. The van der Waals surface area contributed by atoms with Gasteiger partial charge in [0.05, 0.1) is 0 Å². The molecule has 1 fully saturated rings. The highest BCUT2D eigenvalue weighted by Crippen LogP contribution is 2.17. The lowest BCUT2D eigenvalue weighted by molar-refractivity contribution is 0.0827. The minimum Gasteiger partial charge on any atom is -0.369 e. The molecule has 1 N–H and O–H groups in total. The van der Waals surface area contributed by atoms with Crippen molar-refractivity contribution >= 4 is 11.6 Å². The molecule has 0 unspecified atom stereocenters. The third kappa shape index (κ3) is 2.77. The molecule has 0 saturated carbocycles. The Balaban J connectivity index is 2.18. The minimum atomic E-state index is 0.0574. The van der Waals surface area contributed by atoms with Gasteiger partial charge in [-0.1, -0.05) is 6.07 Å². The standard InChI is InChI=1S/C13H19N3O/c1-15(2)13(17)11-4-3-5-12(10-11)16-8-6-14-7-9-16/h3-5,10,14H,6-9H2,1-2H3. The number of benzene rings is 1. The van der Waals surface area contributed by atoms with Crippen LogP contribution in [0.1, 0.15) is 10.4 Å². The van der Waals surface area contributed by atoms with Crippen molar-refractivity contribution in [1.82, 2.24) is 10.2 Å². The van der Waals surface area contributed by atoms with E-state index in [9.17, 15) is 4.79 Å². The van der Waals surface area contributed by atoms with Gasteiger partial charge < -0.3 is 15.1 Å². The zero-order valence-corrected chi connectivity index (χ0v) is 10.4. The Bertz CT molecular complexity index is 397. The van der Waals surface area contributed by atoms with Crippen molar-refractivity contribution in [2.45, 2.75) is 0 Å². The molecule has 0 radical (unpaired) electrons. The van der Waals surface area contributed by atoms with Gasteiger partial charge >= 0.3 is 0 Å². The van der Waals surface area contributed by atoms with Gasteiger partial charge in [-0.15, -0.1) is 0 Å². The topological polar surface area (TPSA) is 35.6 Å². The van der Waals surface area contributed by atoms with Crippen LogP contribution in [0.15, 0.2) is 24.3 Å². The quantitative estimate of drug-likeness (QED) is 0.820. The summed E-state index contributed by atoms with van der Waals surface area (Å²) >= 11 is 0. The van der Waals surface area contributed by atoms with Crippen molar-refractivity contribution in [3.05, 3.63) is 29.8 Å². The van der Waals surface area contributed by atoms with E-state index in [4.69, 9.17) is 0 Å². The summed E-state index contributed by atoms with van der Waals surface area (Å²) in [4.78, 5) is 15.8. The van der Waals surface area contributed by atoms with Gasteiger partial charge in [-0.05, 0) is 18.2 Å². The number of hydrogen-bond acceptors (Lipinski definition) is 3. The molecule has 0 spiro atoms. The molecule has 2 rings (SSSR count). The van der Waals surface area contributed by atoms with Gasteiger partial charge in [-0.25, -0.2) is 0 Å². The van der Waals surface area contributed by atoms with Gasteiger partial charge in [0.2, 0.25) is 0 Å². The van der Waals surface area contributed by atoms with Crippen LogP contribution in [0.3, 0.4) is 0 Å². The first-order valence-electron chi connectivity index (χ1n) is 5.96. The smallest absolute Gasteiger partial charge is 0.253 e. The molecule has 92 valence electrons. The largest absolute Gasteiger partial charge is 0.369 e. The Morgan fingerprint density at radius 1 is 1.29 bits per heavy atom. The van der Waals surface area contributed by atoms with Crippen molar-refractivity contribution in [3.63, 3.8) is 0 Å². The van der Waals surface area contributed by atoms with E-state index in [1.807, 2.05) is 18.2 Å². The molecule has 1 aromatic rings. The van der Waals surface area contributed by atoms with E-state index in [1.165, 1.54) is 0 Å². The summed E-state index contributed by atoms with van der Waals surface area (Å²) in [5.74, 6) is 0.0574. The highest BCUT2D eigenvalue weighted by atomic mass is 16.2. The molecule has 1 amide bonds. The van der Waals surface area contributed by atoms with Crippen molar-refractivity contribution < 1.29 is 4.79 Å². The normalized spacial score (nSPS) is 15.8. The molecule has 0 atom stereocenters. The first kappa shape index (κ1) is 11.9. The summed E-state index contributed by atoms with van der Waals surface area (Å²) in [7, 11) is 3.56. The number of nitrogens with zero attached hydrogens (tertiary/aromatic N) is 2. The third-order valence-corrected chi connectivity index (χ3v) is 2.98. The average molecular weight is 233 g/mol. The molecule has 17 heavy (non-hydrogen) atoms. The van der Waals surface area contributed by atoms with Gasteiger partial charge in [-0.2, -0.15) is 0 Å². The third-order valence-electron chi connectivity index (χ3n) is 2.98. The van der Waals surface area contributed by atoms with Crippen LogP contribution in [0.5, 0.6) is 0 Å². The van der Waals surface area contributed by atoms with Gasteiger partial charge in [0, 0.05) is 51.5 Å². The maximum Gasteiger partial charge on any atom is 0.253 e. The number of piperazine rings is 1. The Hall–Kier alpha value is -1.55. The Labute approximate surface area is 102 Å². The lowest BCUT2D eigenvalue weighted by Crippen LogP contribution is -2.43. The molecule has 1 heterocycles. The fourth-order valence-electron chi connectivity index (χ4n) is 2.02. The summed E-state index contributed by atoms with van der Waals surface area (Å²) in [6.45, 7) is 4.01. The number of amides is 1. The first-order valence-corrected chi connectivity index (χ1v) is 5.96. The molecular formula is C13H19N3O. The second-order valence-electron chi connectivity index (χ2n) is 4.49. The highest BCUT2D eigenvalue weighted by molar-refractivity contribution is 5.94. The van der Waals surface area contributed by atoms with Crippen LogP contribution in [0, 0.1) is 0 Å². The fraction of sp³-hybridized carbons (Fsp3) is 0.462. The van der Waals surface area contributed by atoms with Crippen LogP contribution in [-0.2, 0) is 0 Å². The molecule has 1 aliphatic rings. The second kappa shape index (κ2) is 5.19. The van der Waals surface area contributed by atoms with Crippen molar-refractivity contribution in [3.8, 4) is 0 Å². The van der Waals surface area contributed by atoms with Crippen LogP contribution in [0.2, 0.25) is 0 Å². The first-order chi connectivity index (χ1) is 8.18. The van der Waals surface area contributed by atoms with Crippen LogP contribution < -0.4 is 10.2 Å². The second-order valence-corrected chi connectivity index (χ2v) is 4.49. The van der Waals surface area contributed by atoms with E-state index in [0.717, 1.165) is 37.4 Å². The van der Waals surface area contributed by atoms with Crippen molar-refractivity contribution in [1.29, 1.82) is 0 Å². The molecule has 1 aliphatic heterocycles. The molecule has 0 aliphatic carbocycles. The van der Waals surface area contributed by atoms with E-state index < -0.39 is 0 Å². The van der Waals surface area contributed by atoms with Crippen LogP contribution in [0.25, 0.3) is 0 Å². The SMILES string of the molecule is CN(C)C(=O)c1cccc(N2CCNCC2)c1. The highest BCUT2D eigenvalue weighted by Gasteiger charge is 2.13. The number of nitrogens with one attached hydrogen (secondary N) is 1. The zero-order valence-electron chi connectivity index (χ0n) is 10.4. The number of anilines is 1. The predicted octanol–water partition coefficient (Wildman–Crippen LogP) is 0.798. The van der Waals surface area contributed by atoms with Crippen LogP contribution in [-0.4, -0.2) is 51.1 Å². The van der Waals surface area contributed by atoms with E-state index in [1.54, 1.807) is 19.0 Å². The summed E-state index contributed by atoms with van der Waals surface area (Å²) in [5.41, 5.74) is 1.89. The Kier molecular flexibility index (Phi) is 3.64. The fourth-order valence-corrected chi connectivity index (χ4v) is 2.02. The Morgan fingerprint density at radius 3 is 2.65 bits per heavy atom. The molecule has 0 aromatic heterocycles. The Morgan fingerprint density at radius 2 is 2.00 bits per heavy atom. The molecule has 4 heteroatoms. The molecule has 0 bridgehead atoms. The molecular weight excluding hydrogens is 214 g/mol. The van der Waals surface area contributed by atoms with E-state index in [0.29, 0.717) is 0 Å². The van der Waals surface area contributed by atoms with Gasteiger partial charge in [0.1, 0.15) is 0 Å². The lowest BCUT2D eigenvalue weighted by atomic mass is 10.1. The van der Waals surface area contributed by atoms with Gasteiger partial charge in [0.25, 0.3) is 5.91 Å². The maximum atomic E-state index is 11.9. The summed E-state index contributed by atoms with van der Waals surface area (Å²) in [5, 5.41) is 3.32. The van der Waals surface area contributed by atoms with E-state index >= 15 is 0 Å². The summed E-state index contributed by atoms with van der Waals surface area (Å²) in [6, 6.07) is 7.87. The monoisotopic (exact) mass is 233 g/mol. The number of hydrogen-bond donors (Lipinski definition) is 1. The van der Waals surface area contributed by atoms with Crippen molar-refractivity contribution in [2.75, 3.05) is 45.2 Å². The lowest BCUT2D eigenvalue weighted by Gasteiger charge is -2.29. The predicted molar refractivity (Wildman–Crippen MR) is 69.5 cm³/mol. The molecule has 1 aromatic carbocycles. The molecule has 4 nitrogen and oxygen atoms in total. The van der Waals surface area contributed by atoms with Crippen LogP contribution >= 0.6 is 0 Å². The van der Waals surface area contributed by atoms with Gasteiger partial charge in [-0.3, -0.25) is 4.79 Å².